The third kappa shape index (κ3) is 2.36. The van der Waals surface area contributed by atoms with Crippen molar-refractivity contribution in [1.82, 2.24) is 10.2 Å². The standard InChI is InChI=1S/C12H12F3N3O2/c1-19-9-3-6(7-5-17-18-11(7)16)8(12(13,14)15)4-10(9)20-2/h3-5H,1-2H3,(H3,16,17,18). The van der Waals surface area contributed by atoms with Crippen molar-refractivity contribution < 1.29 is 22.6 Å². The number of nitrogens with zero attached hydrogens (tertiary/aromatic N) is 1. The van der Waals surface area contributed by atoms with Gasteiger partial charge in [0, 0.05) is 11.1 Å². The van der Waals surface area contributed by atoms with Gasteiger partial charge in [0.2, 0.25) is 0 Å². The van der Waals surface area contributed by atoms with Gasteiger partial charge in [-0.25, -0.2) is 0 Å². The molecular weight excluding hydrogens is 275 g/mol. The number of aromatic amines is 1. The summed E-state index contributed by atoms with van der Waals surface area (Å²) in [7, 11) is 2.61. The second-order valence-electron chi connectivity index (χ2n) is 3.95. The maximum absolute atomic E-state index is 13.2. The van der Waals surface area contributed by atoms with E-state index in [1.54, 1.807) is 0 Å². The van der Waals surface area contributed by atoms with E-state index in [4.69, 9.17) is 15.2 Å². The van der Waals surface area contributed by atoms with Crippen LogP contribution in [0.3, 0.4) is 0 Å². The molecule has 0 amide bonds. The molecule has 0 aliphatic carbocycles. The molecule has 3 N–H and O–H groups in total. The number of H-pyrrole nitrogens is 1. The summed E-state index contributed by atoms with van der Waals surface area (Å²) in [5.41, 5.74) is 4.74. The van der Waals surface area contributed by atoms with Gasteiger partial charge in [0.1, 0.15) is 5.82 Å². The van der Waals surface area contributed by atoms with Gasteiger partial charge >= 0.3 is 6.18 Å². The van der Waals surface area contributed by atoms with Crippen LogP contribution in [0.25, 0.3) is 11.1 Å². The number of anilines is 1. The molecule has 20 heavy (non-hydrogen) atoms. The van der Waals surface area contributed by atoms with Crippen LogP contribution in [0, 0.1) is 0 Å². The zero-order valence-electron chi connectivity index (χ0n) is 10.7. The van der Waals surface area contributed by atoms with Crippen LogP contribution in [-0.2, 0) is 6.18 Å². The maximum Gasteiger partial charge on any atom is 0.417 e. The monoisotopic (exact) mass is 287 g/mol. The van der Waals surface area contributed by atoms with Crippen molar-refractivity contribution in [2.45, 2.75) is 6.18 Å². The minimum Gasteiger partial charge on any atom is -0.493 e. The molecule has 5 nitrogen and oxygen atoms in total. The molecule has 0 unspecified atom stereocenters. The van der Waals surface area contributed by atoms with E-state index in [2.05, 4.69) is 10.2 Å². The minimum absolute atomic E-state index is 0.00867. The number of nitrogens with two attached hydrogens (primary N) is 1. The highest BCUT2D eigenvalue weighted by Gasteiger charge is 2.36. The summed E-state index contributed by atoms with van der Waals surface area (Å²) in [4.78, 5) is 0. The summed E-state index contributed by atoms with van der Waals surface area (Å²) < 4.78 is 49.4. The van der Waals surface area contributed by atoms with E-state index >= 15 is 0 Å². The van der Waals surface area contributed by atoms with E-state index in [0.717, 1.165) is 6.07 Å². The lowest BCUT2D eigenvalue weighted by atomic mass is 10.00. The van der Waals surface area contributed by atoms with E-state index in [1.165, 1.54) is 26.5 Å². The Labute approximate surface area is 112 Å². The smallest absolute Gasteiger partial charge is 0.417 e. The Bertz CT molecular complexity index is 623. The Balaban J connectivity index is 2.74. The number of hydrogen-bond acceptors (Lipinski definition) is 4. The largest absolute Gasteiger partial charge is 0.493 e. The Morgan fingerprint density at radius 1 is 1.10 bits per heavy atom. The molecule has 0 spiro atoms. The Hall–Kier alpha value is -2.38. The lowest BCUT2D eigenvalue weighted by Gasteiger charge is -2.16. The van der Waals surface area contributed by atoms with E-state index < -0.39 is 11.7 Å². The Kier molecular flexibility index (Phi) is 3.47. The fraction of sp³-hybridized carbons (Fsp3) is 0.250. The Morgan fingerprint density at radius 2 is 1.70 bits per heavy atom. The lowest BCUT2D eigenvalue weighted by molar-refractivity contribution is -0.137. The fourth-order valence-electron chi connectivity index (χ4n) is 1.85. The second kappa shape index (κ2) is 4.95. The third-order valence-electron chi connectivity index (χ3n) is 2.79. The summed E-state index contributed by atoms with van der Waals surface area (Å²) >= 11 is 0. The molecule has 0 atom stereocenters. The Morgan fingerprint density at radius 3 is 2.15 bits per heavy atom. The summed E-state index contributed by atoms with van der Waals surface area (Å²) in [5, 5.41) is 6.03. The van der Waals surface area contributed by atoms with E-state index in [9.17, 15) is 13.2 Å². The molecule has 2 aromatic rings. The van der Waals surface area contributed by atoms with Gasteiger partial charge in [-0.3, -0.25) is 5.10 Å². The van der Waals surface area contributed by atoms with Gasteiger partial charge in [-0.05, 0) is 12.1 Å². The first-order valence-electron chi connectivity index (χ1n) is 5.51. The third-order valence-corrected chi connectivity index (χ3v) is 2.79. The van der Waals surface area contributed by atoms with Crippen LogP contribution in [0.4, 0.5) is 19.0 Å². The molecule has 2 rings (SSSR count). The van der Waals surface area contributed by atoms with Gasteiger partial charge < -0.3 is 15.2 Å². The predicted octanol–water partition coefficient (Wildman–Crippen LogP) is 2.69. The summed E-state index contributed by atoms with van der Waals surface area (Å²) in [6.45, 7) is 0. The number of methoxy groups -OCH3 is 2. The number of alkyl halides is 3. The molecule has 1 aromatic heterocycles. The van der Waals surface area contributed by atoms with Crippen molar-refractivity contribution in [2.75, 3.05) is 20.0 Å². The summed E-state index contributed by atoms with van der Waals surface area (Å²) in [6.07, 6.45) is -3.33. The first-order chi connectivity index (χ1) is 9.38. The molecule has 1 aromatic carbocycles. The number of nitrogens with one attached hydrogen (secondary N) is 1. The maximum atomic E-state index is 13.2. The van der Waals surface area contributed by atoms with Crippen molar-refractivity contribution in [1.29, 1.82) is 0 Å². The number of rotatable bonds is 3. The fourth-order valence-corrected chi connectivity index (χ4v) is 1.85. The quantitative estimate of drug-likeness (QED) is 0.910. The molecule has 0 bridgehead atoms. The number of halogens is 3. The molecule has 0 saturated heterocycles. The topological polar surface area (TPSA) is 73.2 Å². The van der Waals surface area contributed by atoms with E-state index in [0.29, 0.717) is 0 Å². The van der Waals surface area contributed by atoms with Crippen LogP contribution in [0.1, 0.15) is 5.56 Å². The number of nitrogen functional groups attached to an aromatic ring is 1. The highest BCUT2D eigenvalue weighted by atomic mass is 19.4. The number of aromatic nitrogens is 2. The SMILES string of the molecule is COc1cc(-c2cn[nH]c2N)c(C(F)(F)F)cc1OC. The van der Waals surface area contributed by atoms with Crippen molar-refractivity contribution in [3.63, 3.8) is 0 Å². The number of ether oxygens (including phenoxy) is 2. The van der Waals surface area contributed by atoms with Crippen LogP contribution in [0.5, 0.6) is 11.5 Å². The number of benzene rings is 1. The van der Waals surface area contributed by atoms with Gasteiger partial charge in [-0.2, -0.15) is 18.3 Å². The van der Waals surface area contributed by atoms with Crippen LogP contribution in [0.15, 0.2) is 18.3 Å². The van der Waals surface area contributed by atoms with Crippen LogP contribution in [0.2, 0.25) is 0 Å². The minimum atomic E-state index is -4.56. The van der Waals surface area contributed by atoms with Crippen molar-refractivity contribution in [2.24, 2.45) is 0 Å². The summed E-state index contributed by atoms with van der Waals surface area (Å²) in [6, 6.07) is 2.10. The van der Waals surface area contributed by atoms with Gasteiger partial charge in [-0.1, -0.05) is 0 Å². The molecule has 0 saturated carbocycles. The highest BCUT2D eigenvalue weighted by Crippen LogP contribution is 2.44. The molecule has 0 aliphatic heterocycles. The predicted molar refractivity (Wildman–Crippen MR) is 66.5 cm³/mol. The zero-order chi connectivity index (χ0) is 14.9. The average molecular weight is 287 g/mol. The van der Waals surface area contributed by atoms with Crippen molar-refractivity contribution in [3.05, 3.63) is 23.9 Å². The molecule has 108 valence electrons. The van der Waals surface area contributed by atoms with E-state index in [-0.39, 0.29) is 28.4 Å². The average Bonchev–Trinajstić information content (AvgIpc) is 2.82. The highest BCUT2D eigenvalue weighted by molar-refractivity contribution is 5.78. The van der Waals surface area contributed by atoms with Gasteiger partial charge in [0.25, 0.3) is 0 Å². The van der Waals surface area contributed by atoms with Crippen molar-refractivity contribution in [3.8, 4) is 22.6 Å². The first-order valence-corrected chi connectivity index (χ1v) is 5.51. The molecule has 0 radical (unpaired) electrons. The summed E-state index contributed by atoms with van der Waals surface area (Å²) in [5.74, 6) is 0.212. The lowest BCUT2D eigenvalue weighted by Crippen LogP contribution is -2.08. The molecular formula is C12H12F3N3O2. The zero-order valence-corrected chi connectivity index (χ0v) is 10.7. The van der Waals surface area contributed by atoms with Crippen LogP contribution in [-0.4, -0.2) is 24.4 Å². The van der Waals surface area contributed by atoms with Crippen LogP contribution >= 0.6 is 0 Å². The van der Waals surface area contributed by atoms with Crippen molar-refractivity contribution >= 4 is 5.82 Å². The molecule has 0 aliphatic rings. The molecule has 0 fully saturated rings. The van der Waals surface area contributed by atoms with Gasteiger partial charge in [-0.15, -0.1) is 0 Å². The normalized spacial score (nSPS) is 11.4. The van der Waals surface area contributed by atoms with Gasteiger partial charge in [0.15, 0.2) is 11.5 Å². The van der Waals surface area contributed by atoms with Gasteiger partial charge in [0.05, 0.1) is 26.0 Å². The first kappa shape index (κ1) is 14.0. The van der Waals surface area contributed by atoms with Crippen LogP contribution < -0.4 is 15.2 Å². The second-order valence-corrected chi connectivity index (χ2v) is 3.95. The molecule has 1 heterocycles. The van der Waals surface area contributed by atoms with E-state index in [1.807, 2.05) is 0 Å². The molecule has 8 heteroatoms. The number of hydrogen-bond donors (Lipinski definition) is 2.